The molecular formula is C9H7ClO. The Bertz CT molecular complexity index is 328. The topological polar surface area (TPSA) is 20.2 Å². The Labute approximate surface area is 69.9 Å². The molecule has 0 radical (unpaired) electrons. The normalized spacial score (nSPS) is 13.5. The second kappa shape index (κ2) is 2.36. The number of hydrogen-bond donors (Lipinski definition) is 1. The molecule has 0 bridgehead atoms. The Kier molecular flexibility index (Phi) is 1.48. The molecule has 2 rings (SSSR count). The molecule has 0 heterocycles. The van der Waals surface area contributed by atoms with Crippen molar-refractivity contribution in [1.82, 2.24) is 0 Å². The van der Waals surface area contributed by atoms with Crippen molar-refractivity contribution in [2.45, 2.75) is 0 Å². The molecule has 2 heteroatoms. The van der Waals surface area contributed by atoms with Crippen LogP contribution in [0.3, 0.4) is 0 Å². The summed E-state index contributed by atoms with van der Waals surface area (Å²) < 4.78 is 0. The van der Waals surface area contributed by atoms with E-state index < -0.39 is 0 Å². The fraction of sp³-hybridized carbons (Fsp3) is 0.111. The molecule has 0 aliphatic heterocycles. The summed E-state index contributed by atoms with van der Waals surface area (Å²) in [5.74, 6) is 0. The molecule has 1 aromatic carbocycles. The van der Waals surface area contributed by atoms with E-state index in [0.29, 0.717) is 0 Å². The van der Waals surface area contributed by atoms with Gasteiger partial charge in [-0.2, -0.15) is 0 Å². The van der Waals surface area contributed by atoms with Gasteiger partial charge in [0.05, 0.1) is 6.61 Å². The molecule has 1 N–H and O–H groups in total. The highest BCUT2D eigenvalue weighted by molar-refractivity contribution is 6.33. The largest absolute Gasteiger partial charge is 0.392 e. The van der Waals surface area contributed by atoms with Crippen molar-refractivity contribution in [3.05, 3.63) is 34.3 Å². The Balaban J connectivity index is 2.49. The Morgan fingerprint density at radius 1 is 1.36 bits per heavy atom. The SMILES string of the molecule is OCC1=Cc2c(Cl)cccc21. The Morgan fingerprint density at radius 3 is 2.91 bits per heavy atom. The molecule has 0 unspecified atom stereocenters. The zero-order valence-corrected chi connectivity index (χ0v) is 6.60. The molecule has 0 atom stereocenters. The summed E-state index contributed by atoms with van der Waals surface area (Å²) in [6.07, 6.45) is 1.91. The van der Waals surface area contributed by atoms with Crippen LogP contribution in [0.2, 0.25) is 5.02 Å². The lowest BCUT2D eigenvalue weighted by molar-refractivity contribution is 0.350. The Morgan fingerprint density at radius 2 is 2.18 bits per heavy atom. The number of hydrogen-bond acceptors (Lipinski definition) is 1. The minimum absolute atomic E-state index is 0.105. The van der Waals surface area contributed by atoms with Gasteiger partial charge in [0, 0.05) is 10.6 Å². The summed E-state index contributed by atoms with van der Waals surface area (Å²) in [6.45, 7) is 0.105. The molecular weight excluding hydrogens is 160 g/mol. The van der Waals surface area contributed by atoms with Gasteiger partial charge < -0.3 is 5.11 Å². The van der Waals surface area contributed by atoms with Crippen molar-refractivity contribution >= 4 is 23.3 Å². The van der Waals surface area contributed by atoms with E-state index in [9.17, 15) is 0 Å². The monoisotopic (exact) mass is 166 g/mol. The minimum Gasteiger partial charge on any atom is -0.392 e. The highest BCUT2D eigenvalue weighted by Gasteiger charge is 2.16. The maximum atomic E-state index is 8.81. The van der Waals surface area contributed by atoms with E-state index in [1.165, 1.54) is 0 Å². The molecule has 1 aromatic rings. The zero-order chi connectivity index (χ0) is 7.84. The lowest BCUT2D eigenvalue weighted by Gasteiger charge is -2.18. The van der Waals surface area contributed by atoms with Crippen LogP contribution >= 0.6 is 11.6 Å². The minimum atomic E-state index is 0.105. The first-order valence-electron chi connectivity index (χ1n) is 3.43. The van der Waals surface area contributed by atoms with Crippen molar-refractivity contribution in [3.63, 3.8) is 0 Å². The molecule has 0 aromatic heterocycles. The predicted octanol–water partition coefficient (Wildman–Crippen LogP) is 2.19. The summed E-state index contributed by atoms with van der Waals surface area (Å²) in [6, 6.07) is 5.71. The van der Waals surface area contributed by atoms with E-state index in [1.807, 2.05) is 24.3 Å². The number of benzene rings is 1. The van der Waals surface area contributed by atoms with Crippen LogP contribution < -0.4 is 0 Å². The van der Waals surface area contributed by atoms with Gasteiger partial charge in [-0.25, -0.2) is 0 Å². The highest BCUT2D eigenvalue weighted by Crippen LogP contribution is 2.36. The van der Waals surface area contributed by atoms with Crippen molar-refractivity contribution in [2.75, 3.05) is 6.61 Å². The fourth-order valence-corrected chi connectivity index (χ4v) is 1.50. The van der Waals surface area contributed by atoms with Crippen molar-refractivity contribution in [3.8, 4) is 0 Å². The molecule has 1 aliphatic carbocycles. The third-order valence-electron chi connectivity index (χ3n) is 1.89. The second-order valence-corrected chi connectivity index (χ2v) is 2.94. The van der Waals surface area contributed by atoms with Crippen LogP contribution in [-0.4, -0.2) is 11.7 Å². The number of rotatable bonds is 1. The summed E-state index contributed by atoms with van der Waals surface area (Å²) in [5, 5.41) is 9.58. The molecule has 56 valence electrons. The van der Waals surface area contributed by atoms with Gasteiger partial charge in [-0.05, 0) is 23.3 Å². The van der Waals surface area contributed by atoms with Crippen LogP contribution in [-0.2, 0) is 0 Å². The second-order valence-electron chi connectivity index (χ2n) is 2.53. The van der Waals surface area contributed by atoms with E-state index in [4.69, 9.17) is 16.7 Å². The van der Waals surface area contributed by atoms with Gasteiger partial charge >= 0.3 is 0 Å². The summed E-state index contributed by atoms with van der Waals surface area (Å²) in [5.41, 5.74) is 3.11. The van der Waals surface area contributed by atoms with Crippen LogP contribution in [0.4, 0.5) is 0 Å². The third-order valence-corrected chi connectivity index (χ3v) is 2.22. The summed E-state index contributed by atoms with van der Waals surface area (Å²) in [7, 11) is 0. The quantitative estimate of drug-likeness (QED) is 0.678. The van der Waals surface area contributed by atoms with Crippen molar-refractivity contribution < 1.29 is 5.11 Å². The first kappa shape index (κ1) is 6.89. The van der Waals surface area contributed by atoms with Gasteiger partial charge in [-0.15, -0.1) is 0 Å². The smallest absolute Gasteiger partial charge is 0.0688 e. The molecule has 1 aliphatic rings. The van der Waals surface area contributed by atoms with Crippen LogP contribution in [0.15, 0.2) is 18.2 Å². The fourth-order valence-electron chi connectivity index (χ4n) is 1.27. The highest BCUT2D eigenvalue weighted by atomic mass is 35.5. The third kappa shape index (κ3) is 0.889. The van der Waals surface area contributed by atoms with E-state index in [-0.39, 0.29) is 6.61 Å². The lowest BCUT2D eigenvalue weighted by atomic mass is 9.89. The van der Waals surface area contributed by atoms with E-state index in [0.717, 1.165) is 21.7 Å². The molecule has 0 saturated carbocycles. The molecule has 1 nitrogen and oxygen atoms in total. The zero-order valence-electron chi connectivity index (χ0n) is 5.84. The van der Waals surface area contributed by atoms with Crippen LogP contribution in [0, 0.1) is 0 Å². The van der Waals surface area contributed by atoms with Crippen LogP contribution in [0.1, 0.15) is 11.1 Å². The number of aliphatic hydroxyl groups is 1. The number of halogens is 1. The number of aliphatic hydroxyl groups excluding tert-OH is 1. The van der Waals surface area contributed by atoms with Crippen molar-refractivity contribution in [1.29, 1.82) is 0 Å². The van der Waals surface area contributed by atoms with E-state index in [1.54, 1.807) is 0 Å². The maximum Gasteiger partial charge on any atom is 0.0688 e. The maximum absolute atomic E-state index is 8.81. The summed E-state index contributed by atoms with van der Waals surface area (Å²) >= 11 is 5.86. The van der Waals surface area contributed by atoms with Gasteiger partial charge in [0.1, 0.15) is 0 Å². The van der Waals surface area contributed by atoms with Crippen molar-refractivity contribution in [2.24, 2.45) is 0 Å². The molecule has 11 heavy (non-hydrogen) atoms. The predicted molar refractivity (Wildman–Crippen MR) is 46.4 cm³/mol. The average Bonchev–Trinajstić information content (AvgIpc) is 1.95. The van der Waals surface area contributed by atoms with Crippen LogP contribution in [0.5, 0.6) is 0 Å². The van der Waals surface area contributed by atoms with E-state index in [2.05, 4.69) is 0 Å². The van der Waals surface area contributed by atoms with Gasteiger partial charge in [-0.3, -0.25) is 0 Å². The molecule has 0 fully saturated rings. The van der Waals surface area contributed by atoms with E-state index >= 15 is 0 Å². The average molecular weight is 167 g/mol. The number of fused-ring (bicyclic) bond motifs is 1. The Hall–Kier alpha value is -0.790. The molecule has 0 amide bonds. The molecule has 0 spiro atoms. The van der Waals surface area contributed by atoms with Gasteiger partial charge in [0.15, 0.2) is 0 Å². The van der Waals surface area contributed by atoms with Gasteiger partial charge in [-0.1, -0.05) is 23.7 Å². The van der Waals surface area contributed by atoms with Gasteiger partial charge in [0.2, 0.25) is 0 Å². The van der Waals surface area contributed by atoms with Crippen LogP contribution in [0.25, 0.3) is 11.6 Å². The van der Waals surface area contributed by atoms with Gasteiger partial charge in [0.25, 0.3) is 0 Å². The standard InChI is InChI=1S/C9H7ClO/c10-9-3-1-2-7-6(5-11)4-8(7)9/h1-4,11H,5H2. The first-order valence-corrected chi connectivity index (χ1v) is 3.81. The molecule has 0 saturated heterocycles. The lowest BCUT2D eigenvalue weighted by Crippen LogP contribution is -2.02. The first-order chi connectivity index (χ1) is 5.33. The summed E-state index contributed by atoms with van der Waals surface area (Å²) in [4.78, 5) is 0.